The van der Waals surface area contributed by atoms with Gasteiger partial charge in [-0.2, -0.15) is 5.10 Å². The van der Waals surface area contributed by atoms with E-state index in [-0.39, 0.29) is 5.69 Å². The Labute approximate surface area is 116 Å². The van der Waals surface area contributed by atoms with E-state index in [2.05, 4.69) is 10.1 Å². The molecule has 0 atom stereocenters. The summed E-state index contributed by atoms with van der Waals surface area (Å²) in [6, 6.07) is 3.07. The Hall–Kier alpha value is -2.50. The Balaban J connectivity index is 2.25. The van der Waals surface area contributed by atoms with Gasteiger partial charge in [0.15, 0.2) is 0 Å². The van der Waals surface area contributed by atoms with Crippen LogP contribution in [0.5, 0.6) is 0 Å². The zero-order valence-corrected chi connectivity index (χ0v) is 11.7. The van der Waals surface area contributed by atoms with Gasteiger partial charge in [0.25, 0.3) is 5.69 Å². The van der Waals surface area contributed by atoms with E-state index in [4.69, 9.17) is 0 Å². The SMILES string of the molecule is CCn1nc(C)c(C=Cc2ccc([N+](=O)[O-])cn2)c1C. The van der Waals surface area contributed by atoms with E-state index in [1.807, 2.05) is 37.6 Å². The lowest BCUT2D eigenvalue weighted by Crippen LogP contribution is -1.98. The summed E-state index contributed by atoms with van der Waals surface area (Å²) in [4.78, 5) is 14.1. The minimum Gasteiger partial charge on any atom is -0.269 e. The van der Waals surface area contributed by atoms with Crippen molar-refractivity contribution in [2.75, 3.05) is 0 Å². The highest BCUT2D eigenvalue weighted by molar-refractivity contribution is 5.70. The molecule has 0 unspecified atom stereocenters. The van der Waals surface area contributed by atoms with Crippen molar-refractivity contribution >= 4 is 17.8 Å². The van der Waals surface area contributed by atoms with Crippen molar-refractivity contribution in [2.24, 2.45) is 0 Å². The highest BCUT2D eigenvalue weighted by Gasteiger charge is 2.08. The first-order valence-corrected chi connectivity index (χ1v) is 6.35. The highest BCUT2D eigenvalue weighted by atomic mass is 16.6. The van der Waals surface area contributed by atoms with Gasteiger partial charge in [-0.05, 0) is 39.0 Å². The summed E-state index contributed by atoms with van der Waals surface area (Å²) in [6.07, 6.45) is 5.04. The van der Waals surface area contributed by atoms with E-state index in [0.717, 1.165) is 23.5 Å². The molecule has 2 aromatic rings. The molecule has 0 spiro atoms. The highest BCUT2D eigenvalue weighted by Crippen LogP contribution is 2.17. The van der Waals surface area contributed by atoms with Gasteiger partial charge in [-0.25, -0.2) is 4.98 Å². The molecule has 0 bridgehead atoms. The van der Waals surface area contributed by atoms with Crippen molar-refractivity contribution in [3.63, 3.8) is 0 Å². The summed E-state index contributed by atoms with van der Waals surface area (Å²) in [6.45, 7) is 6.86. The van der Waals surface area contributed by atoms with Crippen molar-refractivity contribution in [3.05, 3.63) is 51.1 Å². The second-order valence-corrected chi connectivity index (χ2v) is 4.43. The average Bonchev–Trinajstić information content (AvgIpc) is 2.71. The molecule has 6 nitrogen and oxygen atoms in total. The van der Waals surface area contributed by atoms with Crippen LogP contribution in [0.1, 0.15) is 29.6 Å². The van der Waals surface area contributed by atoms with Gasteiger partial charge in [0.05, 0.1) is 16.3 Å². The molecule has 0 saturated heterocycles. The Bertz CT molecular complexity index is 657. The van der Waals surface area contributed by atoms with Crippen LogP contribution < -0.4 is 0 Å². The molecule has 0 fully saturated rings. The van der Waals surface area contributed by atoms with Crippen LogP contribution in [-0.4, -0.2) is 19.7 Å². The van der Waals surface area contributed by atoms with Crippen LogP contribution in [0.15, 0.2) is 18.3 Å². The zero-order chi connectivity index (χ0) is 14.7. The Morgan fingerprint density at radius 3 is 2.60 bits per heavy atom. The minimum atomic E-state index is -0.458. The third-order valence-electron chi connectivity index (χ3n) is 3.14. The van der Waals surface area contributed by atoms with Crippen molar-refractivity contribution in [2.45, 2.75) is 27.3 Å². The molecule has 2 aromatic heterocycles. The fraction of sp³-hybridized carbons (Fsp3) is 0.286. The minimum absolute atomic E-state index is 0.00619. The molecule has 0 amide bonds. The van der Waals surface area contributed by atoms with Crippen LogP contribution in [0.3, 0.4) is 0 Å². The number of aryl methyl sites for hydroxylation is 2. The molecule has 20 heavy (non-hydrogen) atoms. The second-order valence-electron chi connectivity index (χ2n) is 4.43. The Kier molecular flexibility index (Phi) is 3.93. The number of hydrogen-bond acceptors (Lipinski definition) is 4. The fourth-order valence-electron chi connectivity index (χ4n) is 2.03. The summed E-state index contributed by atoms with van der Waals surface area (Å²) >= 11 is 0. The predicted octanol–water partition coefficient (Wildman–Crippen LogP) is 2.99. The van der Waals surface area contributed by atoms with E-state index < -0.39 is 4.92 Å². The van der Waals surface area contributed by atoms with E-state index in [1.165, 1.54) is 12.3 Å². The summed E-state index contributed by atoms with van der Waals surface area (Å²) in [7, 11) is 0. The van der Waals surface area contributed by atoms with Crippen molar-refractivity contribution in [1.29, 1.82) is 0 Å². The van der Waals surface area contributed by atoms with Gasteiger partial charge in [-0.15, -0.1) is 0 Å². The van der Waals surface area contributed by atoms with E-state index >= 15 is 0 Å². The van der Waals surface area contributed by atoms with Gasteiger partial charge in [-0.1, -0.05) is 0 Å². The number of rotatable bonds is 4. The topological polar surface area (TPSA) is 73.8 Å². The first-order valence-electron chi connectivity index (χ1n) is 6.35. The van der Waals surface area contributed by atoms with Crippen molar-refractivity contribution < 1.29 is 4.92 Å². The van der Waals surface area contributed by atoms with Crippen molar-refractivity contribution in [3.8, 4) is 0 Å². The third kappa shape index (κ3) is 2.74. The Morgan fingerprint density at radius 1 is 1.35 bits per heavy atom. The maximum atomic E-state index is 10.6. The van der Waals surface area contributed by atoms with Crippen LogP contribution in [0.4, 0.5) is 5.69 Å². The molecule has 0 aliphatic heterocycles. The third-order valence-corrected chi connectivity index (χ3v) is 3.14. The monoisotopic (exact) mass is 272 g/mol. The number of nitro groups is 1. The number of nitrogens with zero attached hydrogens (tertiary/aromatic N) is 4. The van der Waals surface area contributed by atoms with Gasteiger partial charge in [-0.3, -0.25) is 14.8 Å². The average molecular weight is 272 g/mol. The van der Waals surface area contributed by atoms with Crippen LogP contribution in [0.2, 0.25) is 0 Å². The molecule has 6 heteroatoms. The molecular formula is C14H16N4O2. The van der Waals surface area contributed by atoms with Gasteiger partial charge < -0.3 is 0 Å². The molecule has 0 N–H and O–H groups in total. The number of pyridine rings is 1. The molecule has 104 valence electrons. The summed E-state index contributed by atoms with van der Waals surface area (Å²) < 4.78 is 1.94. The summed E-state index contributed by atoms with van der Waals surface area (Å²) in [5.41, 5.74) is 3.80. The molecule has 0 aliphatic rings. The van der Waals surface area contributed by atoms with Gasteiger partial charge in [0.1, 0.15) is 6.20 Å². The standard InChI is InChI=1S/C14H16N4O2/c1-4-17-11(3)14(10(2)16-17)8-6-12-5-7-13(9-15-12)18(19)20/h5-9H,4H2,1-3H3. The lowest BCUT2D eigenvalue weighted by molar-refractivity contribution is -0.385. The summed E-state index contributed by atoms with van der Waals surface area (Å²) in [5.74, 6) is 0. The predicted molar refractivity (Wildman–Crippen MR) is 77.2 cm³/mol. The largest absolute Gasteiger partial charge is 0.287 e. The number of hydrogen-bond donors (Lipinski definition) is 0. The first kappa shape index (κ1) is 13.9. The maximum Gasteiger partial charge on any atom is 0.287 e. The summed E-state index contributed by atoms with van der Waals surface area (Å²) in [5, 5.41) is 15.0. The van der Waals surface area contributed by atoms with Gasteiger partial charge in [0, 0.05) is 23.9 Å². The molecule has 0 saturated carbocycles. The molecule has 0 aliphatic carbocycles. The van der Waals surface area contributed by atoms with E-state index in [9.17, 15) is 10.1 Å². The van der Waals surface area contributed by atoms with E-state index in [0.29, 0.717) is 5.69 Å². The second kappa shape index (κ2) is 5.64. The lowest BCUT2D eigenvalue weighted by atomic mass is 10.1. The first-order chi connectivity index (χ1) is 9.52. The maximum absolute atomic E-state index is 10.6. The Morgan fingerprint density at radius 2 is 2.10 bits per heavy atom. The van der Waals surface area contributed by atoms with Crippen LogP contribution in [0, 0.1) is 24.0 Å². The normalized spacial score (nSPS) is 11.2. The fourth-order valence-corrected chi connectivity index (χ4v) is 2.03. The molecule has 0 aromatic carbocycles. The lowest BCUT2D eigenvalue weighted by Gasteiger charge is -1.98. The van der Waals surface area contributed by atoms with Crippen molar-refractivity contribution in [1.82, 2.24) is 14.8 Å². The molecule has 2 rings (SSSR count). The molecular weight excluding hydrogens is 256 g/mol. The van der Waals surface area contributed by atoms with Crippen LogP contribution in [-0.2, 0) is 6.54 Å². The molecule has 0 radical (unpaired) electrons. The zero-order valence-electron chi connectivity index (χ0n) is 11.7. The van der Waals surface area contributed by atoms with Crippen LogP contribution in [0.25, 0.3) is 12.2 Å². The van der Waals surface area contributed by atoms with E-state index in [1.54, 1.807) is 6.07 Å². The number of aromatic nitrogens is 3. The van der Waals surface area contributed by atoms with Gasteiger partial charge >= 0.3 is 0 Å². The quantitative estimate of drug-likeness (QED) is 0.633. The smallest absolute Gasteiger partial charge is 0.269 e. The molecule has 2 heterocycles. The van der Waals surface area contributed by atoms with Crippen LogP contribution >= 0.6 is 0 Å². The van der Waals surface area contributed by atoms with Gasteiger partial charge in [0.2, 0.25) is 0 Å².